The van der Waals surface area contributed by atoms with Crippen LogP contribution in [0.2, 0.25) is 0 Å². The Bertz CT molecular complexity index is 610. The SMILES string of the molecule is [N-]=[N+]=NC1CCc2c(F)cccc2N(CC(F)(F)F)C1=O. The van der Waals surface area contributed by atoms with Gasteiger partial charge < -0.3 is 4.90 Å². The lowest BCUT2D eigenvalue weighted by Crippen LogP contribution is -2.43. The first-order chi connectivity index (χ1) is 9.83. The maximum absolute atomic E-state index is 13.8. The predicted molar refractivity (Wildman–Crippen MR) is 66.1 cm³/mol. The van der Waals surface area contributed by atoms with Gasteiger partial charge in [-0.05, 0) is 30.5 Å². The summed E-state index contributed by atoms with van der Waals surface area (Å²) in [6, 6.07) is 2.33. The maximum Gasteiger partial charge on any atom is 0.406 e. The third-order valence-corrected chi connectivity index (χ3v) is 3.13. The fraction of sp³-hybridized carbons (Fsp3) is 0.417. The molecule has 0 bridgehead atoms. The van der Waals surface area contributed by atoms with Crippen molar-refractivity contribution in [3.63, 3.8) is 0 Å². The van der Waals surface area contributed by atoms with E-state index in [1.807, 2.05) is 0 Å². The summed E-state index contributed by atoms with van der Waals surface area (Å²) in [6.07, 6.45) is -4.67. The number of anilines is 1. The van der Waals surface area contributed by atoms with E-state index in [-0.39, 0.29) is 24.1 Å². The van der Waals surface area contributed by atoms with Gasteiger partial charge in [-0.1, -0.05) is 11.2 Å². The monoisotopic (exact) mass is 302 g/mol. The second-order valence-corrected chi connectivity index (χ2v) is 4.54. The number of carbonyl (C=O) groups is 1. The van der Waals surface area contributed by atoms with E-state index in [9.17, 15) is 22.4 Å². The Morgan fingerprint density at radius 1 is 1.43 bits per heavy atom. The van der Waals surface area contributed by atoms with Gasteiger partial charge in [0.05, 0.1) is 5.69 Å². The van der Waals surface area contributed by atoms with E-state index in [1.54, 1.807) is 0 Å². The van der Waals surface area contributed by atoms with Crippen molar-refractivity contribution in [1.29, 1.82) is 0 Å². The Kier molecular flexibility index (Phi) is 4.04. The molecule has 1 aliphatic heterocycles. The number of fused-ring (bicyclic) bond motifs is 1. The second kappa shape index (κ2) is 5.61. The van der Waals surface area contributed by atoms with E-state index in [0.717, 1.165) is 6.07 Å². The van der Waals surface area contributed by atoms with Crippen molar-refractivity contribution in [3.05, 3.63) is 40.0 Å². The number of benzene rings is 1. The number of halogens is 4. The molecule has 0 radical (unpaired) electrons. The van der Waals surface area contributed by atoms with Crippen LogP contribution in [0.5, 0.6) is 0 Å². The van der Waals surface area contributed by atoms with Gasteiger partial charge in [-0.2, -0.15) is 13.2 Å². The average molecular weight is 302 g/mol. The number of carbonyl (C=O) groups excluding carboxylic acids is 1. The lowest BCUT2D eigenvalue weighted by Gasteiger charge is -2.25. The number of rotatable bonds is 2. The van der Waals surface area contributed by atoms with E-state index in [2.05, 4.69) is 10.0 Å². The lowest BCUT2D eigenvalue weighted by atomic mass is 10.1. The Morgan fingerprint density at radius 3 is 2.76 bits per heavy atom. The van der Waals surface area contributed by atoms with Crippen molar-refractivity contribution < 1.29 is 22.4 Å². The van der Waals surface area contributed by atoms with E-state index in [1.165, 1.54) is 12.1 Å². The summed E-state index contributed by atoms with van der Waals surface area (Å²) in [4.78, 5) is 15.0. The number of hydrogen-bond donors (Lipinski definition) is 0. The fourth-order valence-corrected chi connectivity index (χ4v) is 2.26. The summed E-state index contributed by atoms with van der Waals surface area (Å²) in [5.41, 5.74) is 8.30. The molecule has 0 saturated carbocycles. The molecular weight excluding hydrogens is 292 g/mol. The number of hydrogen-bond acceptors (Lipinski definition) is 2. The van der Waals surface area contributed by atoms with Crippen molar-refractivity contribution in [2.45, 2.75) is 25.1 Å². The molecule has 1 aliphatic rings. The zero-order chi connectivity index (χ0) is 15.6. The molecular formula is C12H10F4N4O. The molecule has 9 heteroatoms. The van der Waals surface area contributed by atoms with Gasteiger partial charge in [0.1, 0.15) is 18.4 Å². The first-order valence-corrected chi connectivity index (χ1v) is 6.03. The van der Waals surface area contributed by atoms with Crippen molar-refractivity contribution in [2.24, 2.45) is 5.11 Å². The molecule has 112 valence electrons. The molecule has 0 N–H and O–H groups in total. The van der Waals surface area contributed by atoms with E-state index < -0.39 is 30.5 Å². The van der Waals surface area contributed by atoms with E-state index in [0.29, 0.717) is 4.90 Å². The van der Waals surface area contributed by atoms with Crippen LogP contribution < -0.4 is 4.90 Å². The summed E-state index contributed by atoms with van der Waals surface area (Å²) in [5.74, 6) is -1.66. The molecule has 1 heterocycles. The number of amides is 1. The first kappa shape index (κ1) is 15.1. The van der Waals surface area contributed by atoms with Crippen LogP contribution in [0, 0.1) is 5.82 Å². The predicted octanol–water partition coefficient (Wildman–Crippen LogP) is 3.35. The van der Waals surface area contributed by atoms with Crippen LogP contribution in [0.1, 0.15) is 12.0 Å². The van der Waals surface area contributed by atoms with Crippen LogP contribution in [-0.4, -0.2) is 24.7 Å². The zero-order valence-corrected chi connectivity index (χ0v) is 10.6. The third kappa shape index (κ3) is 3.25. The minimum Gasteiger partial charge on any atom is -0.303 e. The van der Waals surface area contributed by atoms with Gasteiger partial charge in [0.15, 0.2) is 0 Å². The summed E-state index contributed by atoms with van der Waals surface area (Å²) in [6.45, 7) is -1.56. The van der Waals surface area contributed by atoms with Gasteiger partial charge in [-0.25, -0.2) is 4.39 Å². The first-order valence-electron chi connectivity index (χ1n) is 6.03. The Morgan fingerprint density at radius 2 is 2.14 bits per heavy atom. The molecule has 1 aromatic rings. The minimum atomic E-state index is -4.65. The Balaban J connectivity index is 2.52. The molecule has 0 spiro atoms. The molecule has 21 heavy (non-hydrogen) atoms. The molecule has 0 saturated heterocycles. The smallest absolute Gasteiger partial charge is 0.303 e. The quantitative estimate of drug-likeness (QED) is 0.357. The van der Waals surface area contributed by atoms with Crippen molar-refractivity contribution in [1.82, 2.24) is 0 Å². The number of nitrogens with zero attached hydrogens (tertiary/aromatic N) is 4. The largest absolute Gasteiger partial charge is 0.406 e. The number of alkyl halides is 3. The Hall–Kier alpha value is -2.28. The van der Waals surface area contributed by atoms with E-state index >= 15 is 0 Å². The standard InChI is InChI=1S/C12H10F4N4O/c13-8-2-1-3-10-7(8)4-5-9(18-19-17)11(21)20(10)6-12(14,15)16/h1-3,9H,4-6H2. The summed E-state index contributed by atoms with van der Waals surface area (Å²) in [5, 5.41) is 3.22. The average Bonchev–Trinajstić information content (AvgIpc) is 2.51. The molecule has 1 amide bonds. The molecule has 1 unspecified atom stereocenters. The Labute approximate surface area is 116 Å². The highest BCUT2D eigenvalue weighted by atomic mass is 19.4. The van der Waals surface area contributed by atoms with Crippen LogP contribution in [0.15, 0.2) is 23.3 Å². The molecule has 1 aromatic carbocycles. The molecule has 0 aliphatic carbocycles. The van der Waals surface area contributed by atoms with Crippen LogP contribution in [0.25, 0.3) is 10.4 Å². The minimum absolute atomic E-state index is 0.0192. The van der Waals surface area contributed by atoms with Crippen LogP contribution in [0.3, 0.4) is 0 Å². The van der Waals surface area contributed by atoms with Crippen LogP contribution in [0.4, 0.5) is 23.2 Å². The van der Waals surface area contributed by atoms with Crippen LogP contribution in [-0.2, 0) is 11.2 Å². The van der Waals surface area contributed by atoms with Gasteiger partial charge >= 0.3 is 6.18 Å². The topological polar surface area (TPSA) is 69.1 Å². The highest BCUT2D eigenvalue weighted by Gasteiger charge is 2.38. The van der Waals surface area contributed by atoms with Gasteiger partial charge in [-0.15, -0.1) is 0 Å². The van der Waals surface area contributed by atoms with Gasteiger partial charge in [-0.3, -0.25) is 4.79 Å². The van der Waals surface area contributed by atoms with Crippen LogP contribution >= 0.6 is 0 Å². The van der Waals surface area contributed by atoms with Gasteiger partial charge in [0.25, 0.3) is 0 Å². The van der Waals surface area contributed by atoms with Gasteiger partial charge in [0.2, 0.25) is 5.91 Å². The summed E-state index contributed by atoms with van der Waals surface area (Å²) in [7, 11) is 0. The summed E-state index contributed by atoms with van der Waals surface area (Å²) >= 11 is 0. The second-order valence-electron chi connectivity index (χ2n) is 4.54. The molecule has 2 rings (SSSR count). The summed E-state index contributed by atoms with van der Waals surface area (Å²) < 4.78 is 51.8. The highest BCUT2D eigenvalue weighted by molar-refractivity contribution is 5.98. The molecule has 5 nitrogen and oxygen atoms in total. The van der Waals surface area contributed by atoms with E-state index in [4.69, 9.17) is 5.53 Å². The highest BCUT2D eigenvalue weighted by Crippen LogP contribution is 2.32. The lowest BCUT2D eigenvalue weighted by molar-refractivity contribution is -0.133. The van der Waals surface area contributed by atoms with Gasteiger partial charge in [0, 0.05) is 10.5 Å². The van der Waals surface area contributed by atoms with Crippen molar-refractivity contribution >= 4 is 11.6 Å². The zero-order valence-electron chi connectivity index (χ0n) is 10.6. The number of azide groups is 1. The van der Waals surface area contributed by atoms with Crippen molar-refractivity contribution in [3.8, 4) is 0 Å². The molecule has 0 aromatic heterocycles. The molecule has 0 fully saturated rings. The normalized spacial score (nSPS) is 18.8. The van der Waals surface area contributed by atoms with Crippen molar-refractivity contribution in [2.75, 3.05) is 11.4 Å². The fourth-order valence-electron chi connectivity index (χ4n) is 2.26. The maximum atomic E-state index is 13.8. The molecule has 1 atom stereocenters. The third-order valence-electron chi connectivity index (χ3n) is 3.13.